The van der Waals surface area contributed by atoms with E-state index in [1.807, 2.05) is 18.3 Å². The quantitative estimate of drug-likeness (QED) is 0.572. The molecule has 2 nitrogen and oxygen atoms in total. The lowest BCUT2D eigenvalue weighted by Crippen LogP contribution is -2.60. The first-order valence-electron chi connectivity index (χ1n) is 10.0. The SMILES string of the molecule is Cc1cc(C)cc([Si](C)(O[C@H](C)Cc2ccccn2)c2cc(C)cc(C)c2)c1. The molecule has 0 bridgehead atoms. The van der Waals surface area contributed by atoms with Gasteiger partial charge in [0.1, 0.15) is 0 Å². The molecule has 0 fully saturated rings. The summed E-state index contributed by atoms with van der Waals surface area (Å²) in [5, 5.41) is 2.67. The molecule has 3 rings (SSSR count). The zero-order valence-corrected chi connectivity index (χ0v) is 18.9. The summed E-state index contributed by atoms with van der Waals surface area (Å²) in [5.74, 6) is 0. The van der Waals surface area contributed by atoms with E-state index in [9.17, 15) is 0 Å². The molecular weight excluding hydrogens is 358 g/mol. The van der Waals surface area contributed by atoms with Crippen molar-refractivity contribution in [1.29, 1.82) is 0 Å². The van der Waals surface area contributed by atoms with Crippen LogP contribution in [0.2, 0.25) is 6.55 Å². The molecule has 1 aromatic heterocycles. The van der Waals surface area contributed by atoms with E-state index in [2.05, 4.69) is 88.6 Å². The summed E-state index contributed by atoms with van der Waals surface area (Å²) in [6, 6.07) is 19.8. The highest BCUT2D eigenvalue weighted by atomic mass is 28.4. The van der Waals surface area contributed by atoms with E-state index < -0.39 is 8.32 Å². The van der Waals surface area contributed by atoms with Gasteiger partial charge in [0.15, 0.2) is 0 Å². The predicted molar refractivity (Wildman–Crippen MR) is 121 cm³/mol. The minimum atomic E-state index is -2.37. The molecular formula is C25H31NOSi. The van der Waals surface area contributed by atoms with E-state index in [-0.39, 0.29) is 6.10 Å². The van der Waals surface area contributed by atoms with Gasteiger partial charge in [-0.1, -0.05) is 64.7 Å². The Balaban J connectivity index is 2.03. The average molecular weight is 390 g/mol. The van der Waals surface area contributed by atoms with Crippen molar-refractivity contribution in [2.75, 3.05) is 0 Å². The number of nitrogens with zero attached hydrogens (tertiary/aromatic N) is 1. The van der Waals surface area contributed by atoms with Gasteiger partial charge < -0.3 is 4.43 Å². The Hall–Kier alpha value is -2.23. The Bertz CT molecular complexity index is 860. The monoisotopic (exact) mass is 389 g/mol. The fraction of sp³-hybridized carbons (Fsp3) is 0.320. The summed E-state index contributed by atoms with van der Waals surface area (Å²) in [4.78, 5) is 4.49. The highest BCUT2D eigenvalue weighted by molar-refractivity contribution is 6.96. The van der Waals surface area contributed by atoms with Crippen LogP contribution >= 0.6 is 0 Å². The van der Waals surface area contributed by atoms with E-state index in [0.29, 0.717) is 0 Å². The molecule has 0 saturated heterocycles. The molecule has 0 amide bonds. The van der Waals surface area contributed by atoms with Crippen molar-refractivity contribution < 1.29 is 4.43 Å². The number of rotatable bonds is 6. The normalized spacial score (nSPS) is 12.8. The summed E-state index contributed by atoms with van der Waals surface area (Å²) in [6.07, 6.45) is 2.76. The number of aromatic nitrogens is 1. The Morgan fingerprint density at radius 2 is 1.32 bits per heavy atom. The number of aryl methyl sites for hydroxylation is 4. The van der Waals surface area contributed by atoms with Crippen molar-refractivity contribution in [3.05, 3.63) is 88.7 Å². The summed E-state index contributed by atoms with van der Waals surface area (Å²) in [5.41, 5.74) is 6.24. The maximum atomic E-state index is 6.93. The van der Waals surface area contributed by atoms with Crippen LogP contribution in [0.25, 0.3) is 0 Å². The van der Waals surface area contributed by atoms with Crippen LogP contribution in [0.5, 0.6) is 0 Å². The Morgan fingerprint density at radius 3 is 1.75 bits per heavy atom. The Morgan fingerprint density at radius 1 is 0.821 bits per heavy atom. The molecule has 1 heterocycles. The van der Waals surface area contributed by atoms with E-state index in [4.69, 9.17) is 4.43 Å². The van der Waals surface area contributed by atoms with Crippen molar-refractivity contribution in [1.82, 2.24) is 4.98 Å². The molecule has 146 valence electrons. The molecule has 3 heteroatoms. The lowest BCUT2D eigenvalue weighted by molar-refractivity contribution is 0.219. The molecule has 2 aromatic carbocycles. The van der Waals surface area contributed by atoms with Gasteiger partial charge in [-0.15, -0.1) is 0 Å². The van der Waals surface area contributed by atoms with E-state index in [0.717, 1.165) is 12.1 Å². The first-order valence-corrected chi connectivity index (χ1v) is 12.4. The smallest absolute Gasteiger partial charge is 0.253 e. The van der Waals surface area contributed by atoms with Crippen LogP contribution in [-0.2, 0) is 10.8 Å². The predicted octanol–water partition coefficient (Wildman–Crippen LogP) is 4.65. The van der Waals surface area contributed by atoms with Gasteiger partial charge >= 0.3 is 0 Å². The molecule has 0 aliphatic carbocycles. The van der Waals surface area contributed by atoms with E-state index in [1.54, 1.807) is 0 Å². The van der Waals surface area contributed by atoms with E-state index >= 15 is 0 Å². The summed E-state index contributed by atoms with van der Waals surface area (Å²) < 4.78 is 6.93. The minimum Gasteiger partial charge on any atom is -0.405 e. The average Bonchev–Trinajstić information content (AvgIpc) is 2.60. The first kappa shape index (κ1) is 20.5. The molecule has 0 N–H and O–H groups in total. The van der Waals surface area contributed by atoms with Crippen molar-refractivity contribution in [3.8, 4) is 0 Å². The molecule has 1 atom stereocenters. The first-order chi connectivity index (χ1) is 13.3. The summed E-state index contributed by atoms with van der Waals surface area (Å²) in [7, 11) is -2.37. The molecule has 0 spiro atoms. The van der Waals surface area contributed by atoms with Crippen LogP contribution in [0.4, 0.5) is 0 Å². The third-order valence-electron chi connectivity index (χ3n) is 5.20. The van der Waals surface area contributed by atoms with Crippen LogP contribution in [0.1, 0.15) is 34.9 Å². The second-order valence-corrected chi connectivity index (χ2v) is 11.7. The second-order valence-electron chi connectivity index (χ2n) is 8.24. The summed E-state index contributed by atoms with van der Waals surface area (Å²) in [6.45, 7) is 13.2. The third kappa shape index (κ3) is 4.78. The van der Waals surface area contributed by atoms with Crippen LogP contribution in [-0.4, -0.2) is 19.4 Å². The highest BCUT2D eigenvalue weighted by Crippen LogP contribution is 2.17. The van der Waals surface area contributed by atoms with Crippen LogP contribution in [0.3, 0.4) is 0 Å². The standard InChI is InChI=1S/C25H31NOSi/c1-18-11-19(2)14-24(13-18)28(6,25-15-20(3)12-21(4)16-25)27-22(5)17-23-9-7-8-10-26-23/h7-16,22H,17H2,1-6H3/t22-/m1/s1. The Kier molecular flexibility index (Phi) is 6.16. The van der Waals surface area contributed by atoms with E-state index in [1.165, 1.54) is 32.6 Å². The maximum Gasteiger partial charge on any atom is 0.253 e. The number of hydrogen-bond donors (Lipinski definition) is 0. The molecule has 0 unspecified atom stereocenters. The van der Waals surface area contributed by atoms with Crippen molar-refractivity contribution in [2.45, 2.75) is 53.7 Å². The summed E-state index contributed by atoms with van der Waals surface area (Å²) >= 11 is 0. The van der Waals surface area contributed by atoms with Crippen molar-refractivity contribution in [3.63, 3.8) is 0 Å². The molecule has 0 saturated carbocycles. The molecule has 3 aromatic rings. The van der Waals surface area contributed by atoms with Gasteiger partial charge in [0.05, 0.1) is 0 Å². The number of pyridine rings is 1. The lowest BCUT2D eigenvalue weighted by Gasteiger charge is -2.33. The number of benzene rings is 2. The molecule has 0 aliphatic heterocycles. The largest absolute Gasteiger partial charge is 0.405 e. The highest BCUT2D eigenvalue weighted by Gasteiger charge is 2.36. The van der Waals surface area contributed by atoms with Gasteiger partial charge in [0.25, 0.3) is 8.32 Å². The lowest BCUT2D eigenvalue weighted by atomic mass is 10.2. The minimum absolute atomic E-state index is 0.0909. The van der Waals surface area contributed by atoms with Crippen LogP contribution in [0, 0.1) is 27.7 Å². The molecule has 0 aliphatic rings. The fourth-order valence-electron chi connectivity index (χ4n) is 4.06. The second kappa shape index (κ2) is 8.42. The van der Waals surface area contributed by atoms with Crippen LogP contribution < -0.4 is 10.4 Å². The third-order valence-corrected chi connectivity index (χ3v) is 8.86. The zero-order valence-electron chi connectivity index (χ0n) is 17.9. The van der Waals surface area contributed by atoms with Gasteiger partial charge in [-0.05, 0) is 63.7 Å². The van der Waals surface area contributed by atoms with Crippen LogP contribution in [0.15, 0.2) is 60.8 Å². The number of hydrogen-bond acceptors (Lipinski definition) is 2. The van der Waals surface area contributed by atoms with Gasteiger partial charge in [-0.25, -0.2) is 0 Å². The van der Waals surface area contributed by atoms with Gasteiger partial charge in [-0.2, -0.15) is 0 Å². The van der Waals surface area contributed by atoms with Crippen molar-refractivity contribution >= 4 is 18.7 Å². The maximum absolute atomic E-state index is 6.93. The van der Waals surface area contributed by atoms with Gasteiger partial charge in [0.2, 0.25) is 0 Å². The van der Waals surface area contributed by atoms with Gasteiger partial charge in [-0.3, -0.25) is 4.98 Å². The topological polar surface area (TPSA) is 22.1 Å². The van der Waals surface area contributed by atoms with Crippen molar-refractivity contribution in [2.24, 2.45) is 0 Å². The molecule has 0 radical (unpaired) electrons. The fourth-order valence-corrected chi connectivity index (χ4v) is 7.57. The van der Waals surface area contributed by atoms with Gasteiger partial charge in [0, 0.05) is 24.4 Å². The molecule has 28 heavy (non-hydrogen) atoms. The Labute approximate surface area is 170 Å². The zero-order chi connectivity index (χ0) is 20.3.